The standard InChI is InChI=1S/C21H20N4O2S/c1-21(2)20(27)23-12-13-25(21)19(26)18-24-16(14-8-4-3-5-9-14)17(28-18)15-10-6-7-11-22-15/h3-11H,12-13H2,1-2H3,(H,23,27). The van der Waals surface area contributed by atoms with Crippen molar-refractivity contribution in [2.24, 2.45) is 0 Å². The summed E-state index contributed by atoms with van der Waals surface area (Å²) in [5.74, 6) is -0.388. The molecule has 2 amide bonds. The number of benzene rings is 1. The van der Waals surface area contributed by atoms with Gasteiger partial charge in [0.2, 0.25) is 5.91 Å². The lowest BCUT2D eigenvalue weighted by Crippen LogP contribution is -2.63. The van der Waals surface area contributed by atoms with E-state index < -0.39 is 5.54 Å². The van der Waals surface area contributed by atoms with E-state index in [0.717, 1.165) is 21.8 Å². The number of hydrogen-bond acceptors (Lipinski definition) is 5. The Labute approximate surface area is 167 Å². The molecular formula is C21H20N4O2S. The number of nitrogens with zero attached hydrogens (tertiary/aromatic N) is 3. The summed E-state index contributed by atoms with van der Waals surface area (Å²) in [5.41, 5.74) is 1.51. The zero-order valence-electron chi connectivity index (χ0n) is 15.7. The number of piperazine rings is 1. The van der Waals surface area contributed by atoms with Gasteiger partial charge in [-0.1, -0.05) is 36.4 Å². The van der Waals surface area contributed by atoms with Gasteiger partial charge in [0, 0.05) is 24.8 Å². The molecule has 6 nitrogen and oxygen atoms in total. The van der Waals surface area contributed by atoms with Crippen molar-refractivity contribution in [3.8, 4) is 21.8 Å². The van der Waals surface area contributed by atoms with Gasteiger partial charge in [-0.2, -0.15) is 0 Å². The van der Waals surface area contributed by atoms with Crippen LogP contribution >= 0.6 is 11.3 Å². The van der Waals surface area contributed by atoms with Crippen LogP contribution in [-0.4, -0.2) is 45.3 Å². The number of amides is 2. The Balaban J connectivity index is 1.80. The van der Waals surface area contributed by atoms with Gasteiger partial charge in [-0.15, -0.1) is 11.3 Å². The molecule has 1 aliphatic heterocycles. The minimum Gasteiger partial charge on any atom is -0.352 e. The van der Waals surface area contributed by atoms with Gasteiger partial charge in [-0.05, 0) is 26.0 Å². The van der Waals surface area contributed by atoms with Crippen molar-refractivity contribution in [1.82, 2.24) is 20.2 Å². The van der Waals surface area contributed by atoms with Crippen LogP contribution in [0.1, 0.15) is 23.6 Å². The third kappa shape index (κ3) is 3.18. The van der Waals surface area contributed by atoms with Crippen molar-refractivity contribution in [2.75, 3.05) is 13.1 Å². The maximum Gasteiger partial charge on any atom is 0.283 e. The van der Waals surface area contributed by atoms with E-state index in [4.69, 9.17) is 0 Å². The second-order valence-electron chi connectivity index (χ2n) is 7.05. The van der Waals surface area contributed by atoms with Crippen LogP contribution in [0.3, 0.4) is 0 Å². The van der Waals surface area contributed by atoms with Gasteiger partial charge in [0.25, 0.3) is 5.91 Å². The number of carbonyl (C=O) groups is 2. The lowest BCUT2D eigenvalue weighted by atomic mass is 9.99. The van der Waals surface area contributed by atoms with Gasteiger partial charge in [-0.25, -0.2) is 4.98 Å². The van der Waals surface area contributed by atoms with E-state index in [2.05, 4.69) is 15.3 Å². The van der Waals surface area contributed by atoms with E-state index in [-0.39, 0.29) is 11.8 Å². The van der Waals surface area contributed by atoms with Crippen LogP contribution in [0.15, 0.2) is 54.7 Å². The highest BCUT2D eigenvalue weighted by molar-refractivity contribution is 7.17. The predicted molar refractivity (Wildman–Crippen MR) is 109 cm³/mol. The molecule has 1 saturated heterocycles. The van der Waals surface area contributed by atoms with Crippen LogP contribution in [0, 0.1) is 0 Å². The molecule has 4 rings (SSSR count). The zero-order chi connectivity index (χ0) is 19.7. The summed E-state index contributed by atoms with van der Waals surface area (Å²) in [6.07, 6.45) is 1.73. The second-order valence-corrected chi connectivity index (χ2v) is 8.05. The molecule has 28 heavy (non-hydrogen) atoms. The van der Waals surface area contributed by atoms with Crippen LogP contribution in [0.5, 0.6) is 0 Å². The topological polar surface area (TPSA) is 75.2 Å². The minimum absolute atomic E-state index is 0.156. The number of nitrogens with one attached hydrogen (secondary N) is 1. The molecule has 7 heteroatoms. The Morgan fingerprint density at radius 3 is 2.61 bits per heavy atom. The predicted octanol–water partition coefficient (Wildman–Crippen LogP) is 3.22. The fraction of sp³-hybridized carbons (Fsp3) is 0.238. The maximum atomic E-state index is 13.3. The third-order valence-electron chi connectivity index (χ3n) is 4.85. The highest BCUT2D eigenvalue weighted by Gasteiger charge is 2.41. The third-order valence-corrected chi connectivity index (χ3v) is 5.92. The van der Waals surface area contributed by atoms with Crippen molar-refractivity contribution in [2.45, 2.75) is 19.4 Å². The van der Waals surface area contributed by atoms with Crippen LogP contribution in [-0.2, 0) is 4.79 Å². The average molecular weight is 392 g/mol. The van der Waals surface area contributed by atoms with Crippen LogP contribution in [0.2, 0.25) is 0 Å². The van der Waals surface area contributed by atoms with Crippen molar-refractivity contribution < 1.29 is 9.59 Å². The second kappa shape index (κ2) is 7.16. The molecule has 142 valence electrons. The molecule has 1 fully saturated rings. The number of thiazole rings is 1. The molecule has 1 aliphatic rings. The number of carbonyl (C=O) groups excluding carboxylic acids is 2. The Kier molecular flexibility index (Phi) is 4.68. The Morgan fingerprint density at radius 1 is 1.14 bits per heavy atom. The molecule has 3 heterocycles. The molecule has 0 radical (unpaired) electrons. The summed E-state index contributed by atoms with van der Waals surface area (Å²) in [5, 5.41) is 3.18. The lowest BCUT2D eigenvalue weighted by molar-refractivity contribution is -0.133. The summed E-state index contributed by atoms with van der Waals surface area (Å²) in [6.45, 7) is 4.41. The van der Waals surface area contributed by atoms with Gasteiger partial charge in [-0.3, -0.25) is 14.6 Å². The molecule has 0 saturated carbocycles. The first-order valence-corrected chi connectivity index (χ1v) is 9.88. The van der Waals surface area contributed by atoms with Gasteiger partial charge >= 0.3 is 0 Å². The molecule has 1 N–H and O–H groups in total. The van der Waals surface area contributed by atoms with E-state index in [0.29, 0.717) is 18.1 Å². The summed E-state index contributed by atoms with van der Waals surface area (Å²) >= 11 is 1.31. The van der Waals surface area contributed by atoms with E-state index in [1.54, 1.807) is 24.9 Å². The van der Waals surface area contributed by atoms with Crippen LogP contribution in [0.4, 0.5) is 0 Å². The maximum absolute atomic E-state index is 13.3. The number of aromatic nitrogens is 2. The first-order chi connectivity index (χ1) is 13.5. The molecule has 0 atom stereocenters. The summed E-state index contributed by atoms with van der Waals surface area (Å²) in [6, 6.07) is 15.4. The minimum atomic E-state index is -0.918. The molecule has 3 aromatic rings. The van der Waals surface area contributed by atoms with Gasteiger partial charge in [0.1, 0.15) is 5.54 Å². The van der Waals surface area contributed by atoms with E-state index in [9.17, 15) is 9.59 Å². The largest absolute Gasteiger partial charge is 0.352 e. The molecule has 1 aromatic carbocycles. The normalized spacial score (nSPS) is 15.9. The first kappa shape index (κ1) is 18.3. The van der Waals surface area contributed by atoms with Gasteiger partial charge in [0.15, 0.2) is 5.01 Å². The van der Waals surface area contributed by atoms with E-state index in [1.807, 2.05) is 48.5 Å². The molecule has 0 bridgehead atoms. The molecule has 2 aromatic heterocycles. The fourth-order valence-electron chi connectivity index (χ4n) is 3.24. The SMILES string of the molecule is CC1(C)C(=O)NCCN1C(=O)c1nc(-c2ccccc2)c(-c2ccccn2)s1. The summed E-state index contributed by atoms with van der Waals surface area (Å²) in [7, 11) is 0. The van der Waals surface area contributed by atoms with E-state index in [1.165, 1.54) is 11.3 Å². The molecule has 0 spiro atoms. The monoisotopic (exact) mass is 392 g/mol. The highest BCUT2D eigenvalue weighted by Crippen LogP contribution is 2.36. The molecule has 0 unspecified atom stereocenters. The zero-order valence-corrected chi connectivity index (χ0v) is 16.5. The van der Waals surface area contributed by atoms with Gasteiger partial charge < -0.3 is 10.2 Å². The summed E-state index contributed by atoms with van der Waals surface area (Å²) < 4.78 is 0. The van der Waals surface area contributed by atoms with E-state index >= 15 is 0 Å². The Hall–Kier alpha value is -3.06. The number of hydrogen-bond donors (Lipinski definition) is 1. The van der Waals surface area contributed by atoms with Crippen LogP contribution in [0.25, 0.3) is 21.8 Å². The fourth-order valence-corrected chi connectivity index (χ4v) is 4.26. The molecule has 0 aliphatic carbocycles. The van der Waals surface area contributed by atoms with Gasteiger partial charge in [0.05, 0.1) is 16.3 Å². The van der Waals surface area contributed by atoms with Crippen molar-refractivity contribution in [3.63, 3.8) is 0 Å². The Bertz CT molecular complexity index is 958. The number of rotatable bonds is 3. The first-order valence-electron chi connectivity index (χ1n) is 9.06. The Morgan fingerprint density at radius 2 is 1.89 bits per heavy atom. The molecular weight excluding hydrogens is 372 g/mol. The number of pyridine rings is 1. The highest BCUT2D eigenvalue weighted by atomic mass is 32.1. The van der Waals surface area contributed by atoms with Crippen molar-refractivity contribution >= 4 is 23.2 Å². The smallest absolute Gasteiger partial charge is 0.283 e. The van der Waals surface area contributed by atoms with Crippen LogP contribution < -0.4 is 5.32 Å². The summed E-state index contributed by atoms with van der Waals surface area (Å²) in [4.78, 5) is 37.1. The average Bonchev–Trinajstić information content (AvgIpc) is 3.16. The van der Waals surface area contributed by atoms with Crippen molar-refractivity contribution in [3.05, 3.63) is 59.7 Å². The lowest BCUT2D eigenvalue weighted by Gasteiger charge is -2.40. The quantitative estimate of drug-likeness (QED) is 0.743. The van der Waals surface area contributed by atoms with Crippen molar-refractivity contribution in [1.29, 1.82) is 0 Å².